The van der Waals surface area contributed by atoms with Crippen LogP contribution < -0.4 is 4.74 Å². The Labute approximate surface area is 121 Å². The summed E-state index contributed by atoms with van der Waals surface area (Å²) >= 11 is 0. The van der Waals surface area contributed by atoms with Crippen molar-refractivity contribution in [3.63, 3.8) is 0 Å². The molecule has 2 aromatic rings. The minimum absolute atomic E-state index is 0.0545. The number of para-hydroxylation sites is 1. The Kier molecular flexibility index (Phi) is 5.04. The van der Waals surface area contributed by atoms with Crippen LogP contribution in [-0.4, -0.2) is 22.7 Å². The van der Waals surface area contributed by atoms with Gasteiger partial charge in [0.05, 0.1) is 6.61 Å². The maximum atomic E-state index is 13.8. The first kappa shape index (κ1) is 14.7. The van der Waals surface area contributed by atoms with Gasteiger partial charge in [0.1, 0.15) is 0 Å². The van der Waals surface area contributed by atoms with Crippen LogP contribution in [0.25, 0.3) is 6.08 Å². The fourth-order valence-electron chi connectivity index (χ4n) is 1.79. The molecule has 21 heavy (non-hydrogen) atoms. The van der Waals surface area contributed by atoms with E-state index in [2.05, 4.69) is 4.98 Å². The predicted octanol–water partition coefficient (Wildman–Crippen LogP) is 2.94. The number of aromatic nitrogens is 1. The number of carboxylic acids is 1. The molecule has 0 saturated heterocycles. The molecular formula is C16H14FNO3. The van der Waals surface area contributed by atoms with E-state index in [1.54, 1.807) is 18.5 Å². The van der Waals surface area contributed by atoms with Gasteiger partial charge in [0, 0.05) is 30.5 Å². The molecule has 1 heterocycles. The summed E-state index contributed by atoms with van der Waals surface area (Å²) in [6, 6.07) is 8.10. The van der Waals surface area contributed by atoms with Crippen LogP contribution in [-0.2, 0) is 11.2 Å². The molecule has 0 aliphatic carbocycles. The predicted molar refractivity (Wildman–Crippen MR) is 76.5 cm³/mol. The molecule has 2 rings (SSSR count). The summed E-state index contributed by atoms with van der Waals surface area (Å²) in [5.74, 6) is -1.56. The highest BCUT2D eigenvalue weighted by Gasteiger charge is 2.08. The Bertz CT molecular complexity index is 641. The molecule has 1 aromatic carbocycles. The molecule has 4 nitrogen and oxygen atoms in total. The van der Waals surface area contributed by atoms with Crippen LogP contribution in [0, 0.1) is 5.82 Å². The SMILES string of the molecule is O=C(O)/C=C/c1cccc(F)c1OCCc1cccnc1. The highest BCUT2D eigenvalue weighted by molar-refractivity contribution is 5.85. The molecule has 1 N–H and O–H groups in total. The van der Waals surface area contributed by atoms with E-state index in [0.29, 0.717) is 12.0 Å². The van der Waals surface area contributed by atoms with Crippen molar-refractivity contribution in [3.05, 3.63) is 65.7 Å². The van der Waals surface area contributed by atoms with Gasteiger partial charge in [-0.25, -0.2) is 9.18 Å². The van der Waals surface area contributed by atoms with Crippen molar-refractivity contribution in [3.8, 4) is 5.75 Å². The van der Waals surface area contributed by atoms with E-state index in [1.807, 2.05) is 12.1 Å². The van der Waals surface area contributed by atoms with E-state index in [-0.39, 0.29) is 12.4 Å². The smallest absolute Gasteiger partial charge is 0.328 e. The number of pyridine rings is 1. The van der Waals surface area contributed by atoms with Crippen LogP contribution in [0.5, 0.6) is 5.75 Å². The lowest BCUT2D eigenvalue weighted by Gasteiger charge is -2.10. The van der Waals surface area contributed by atoms with Gasteiger partial charge in [0.25, 0.3) is 0 Å². The Morgan fingerprint density at radius 2 is 2.19 bits per heavy atom. The maximum Gasteiger partial charge on any atom is 0.328 e. The number of aliphatic carboxylic acids is 1. The van der Waals surface area contributed by atoms with Crippen LogP contribution in [0.4, 0.5) is 4.39 Å². The lowest BCUT2D eigenvalue weighted by atomic mass is 10.1. The standard InChI is InChI=1S/C16H14FNO3/c17-14-5-1-4-13(6-7-15(19)20)16(14)21-10-8-12-3-2-9-18-11-12/h1-7,9,11H,8,10H2,(H,19,20)/b7-6+. The van der Waals surface area contributed by atoms with Crippen molar-refractivity contribution in [2.45, 2.75) is 6.42 Å². The number of benzene rings is 1. The Hall–Kier alpha value is -2.69. The molecular weight excluding hydrogens is 273 g/mol. The first-order valence-corrected chi connectivity index (χ1v) is 6.38. The zero-order chi connectivity index (χ0) is 15.1. The summed E-state index contributed by atoms with van der Waals surface area (Å²) in [5.41, 5.74) is 1.38. The van der Waals surface area contributed by atoms with Gasteiger partial charge in [-0.2, -0.15) is 0 Å². The first-order chi connectivity index (χ1) is 10.2. The third-order valence-corrected chi connectivity index (χ3v) is 2.76. The minimum atomic E-state index is -1.10. The lowest BCUT2D eigenvalue weighted by molar-refractivity contribution is -0.131. The number of hydrogen-bond acceptors (Lipinski definition) is 3. The molecule has 5 heteroatoms. The average molecular weight is 287 g/mol. The molecule has 0 radical (unpaired) electrons. The van der Waals surface area contributed by atoms with Gasteiger partial charge in [-0.1, -0.05) is 18.2 Å². The summed E-state index contributed by atoms with van der Waals surface area (Å²) in [7, 11) is 0. The zero-order valence-corrected chi connectivity index (χ0v) is 11.2. The molecule has 0 bridgehead atoms. The normalized spacial score (nSPS) is 10.7. The van der Waals surface area contributed by atoms with Crippen LogP contribution in [0.2, 0.25) is 0 Å². The van der Waals surface area contributed by atoms with Gasteiger partial charge >= 0.3 is 5.97 Å². The molecule has 0 aliphatic heterocycles. The van der Waals surface area contributed by atoms with Crippen molar-refractivity contribution >= 4 is 12.0 Å². The van der Waals surface area contributed by atoms with E-state index in [0.717, 1.165) is 11.6 Å². The number of halogens is 1. The topological polar surface area (TPSA) is 59.4 Å². The quantitative estimate of drug-likeness (QED) is 0.830. The fraction of sp³-hybridized carbons (Fsp3) is 0.125. The third kappa shape index (κ3) is 4.42. The van der Waals surface area contributed by atoms with E-state index in [1.165, 1.54) is 18.2 Å². The third-order valence-electron chi connectivity index (χ3n) is 2.76. The van der Waals surface area contributed by atoms with Gasteiger partial charge in [0.2, 0.25) is 0 Å². The van der Waals surface area contributed by atoms with Crippen LogP contribution in [0.15, 0.2) is 48.8 Å². The lowest BCUT2D eigenvalue weighted by Crippen LogP contribution is -2.04. The number of carbonyl (C=O) groups is 1. The maximum absolute atomic E-state index is 13.8. The minimum Gasteiger partial charge on any atom is -0.490 e. The van der Waals surface area contributed by atoms with Crippen LogP contribution in [0.3, 0.4) is 0 Å². The molecule has 0 amide bonds. The van der Waals surface area contributed by atoms with Crippen molar-refractivity contribution in [1.29, 1.82) is 0 Å². The molecule has 0 aliphatic rings. The summed E-state index contributed by atoms with van der Waals surface area (Å²) in [4.78, 5) is 14.5. The largest absolute Gasteiger partial charge is 0.490 e. The van der Waals surface area contributed by atoms with Crippen molar-refractivity contribution in [1.82, 2.24) is 4.98 Å². The molecule has 1 aromatic heterocycles. The summed E-state index contributed by atoms with van der Waals surface area (Å²) < 4.78 is 19.2. The number of ether oxygens (including phenoxy) is 1. The van der Waals surface area contributed by atoms with Gasteiger partial charge in [-0.3, -0.25) is 4.98 Å². The molecule has 0 saturated carbocycles. The summed E-state index contributed by atoms with van der Waals surface area (Å²) in [6.07, 6.45) is 6.24. The Balaban J connectivity index is 2.06. The second-order valence-electron chi connectivity index (χ2n) is 4.29. The van der Waals surface area contributed by atoms with Gasteiger partial charge in [-0.05, 0) is 23.8 Å². The van der Waals surface area contributed by atoms with Crippen molar-refractivity contribution in [2.24, 2.45) is 0 Å². The number of rotatable bonds is 6. The highest BCUT2D eigenvalue weighted by atomic mass is 19.1. The summed E-state index contributed by atoms with van der Waals surface area (Å²) in [5, 5.41) is 8.63. The van der Waals surface area contributed by atoms with Crippen LogP contribution >= 0.6 is 0 Å². The molecule has 0 unspecified atom stereocenters. The van der Waals surface area contributed by atoms with E-state index in [4.69, 9.17) is 9.84 Å². The van der Waals surface area contributed by atoms with Gasteiger partial charge in [-0.15, -0.1) is 0 Å². The second kappa shape index (κ2) is 7.19. The second-order valence-corrected chi connectivity index (χ2v) is 4.29. The monoisotopic (exact) mass is 287 g/mol. The first-order valence-electron chi connectivity index (χ1n) is 6.38. The Morgan fingerprint density at radius 3 is 2.90 bits per heavy atom. The van der Waals surface area contributed by atoms with Crippen molar-refractivity contribution < 1.29 is 19.0 Å². The van der Waals surface area contributed by atoms with E-state index < -0.39 is 11.8 Å². The van der Waals surface area contributed by atoms with E-state index in [9.17, 15) is 9.18 Å². The van der Waals surface area contributed by atoms with E-state index >= 15 is 0 Å². The number of nitrogens with zero attached hydrogens (tertiary/aromatic N) is 1. The molecule has 0 fully saturated rings. The Morgan fingerprint density at radius 1 is 1.33 bits per heavy atom. The van der Waals surface area contributed by atoms with Crippen LogP contribution in [0.1, 0.15) is 11.1 Å². The molecule has 0 spiro atoms. The zero-order valence-electron chi connectivity index (χ0n) is 11.2. The number of hydrogen-bond donors (Lipinski definition) is 1. The molecule has 0 atom stereocenters. The van der Waals surface area contributed by atoms with Gasteiger partial charge in [0.15, 0.2) is 11.6 Å². The highest BCUT2D eigenvalue weighted by Crippen LogP contribution is 2.24. The van der Waals surface area contributed by atoms with Crippen molar-refractivity contribution in [2.75, 3.05) is 6.61 Å². The van der Waals surface area contributed by atoms with Gasteiger partial charge < -0.3 is 9.84 Å². The number of carboxylic acid groups (broad SMARTS) is 1. The summed E-state index contributed by atoms with van der Waals surface area (Å²) in [6.45, 7) is 0.278. The molecule has 108 valence electrons. The fourth-order valence-corrected chi connectivity index (χ4v) is 1.79. The average Bonchev–Trinajstić information content (AvgIpc) is 2.48.